The number of nitrogens with one attached hydrogen (secondary N) is 1. The number of amides is 1. The van der Waals surface area contributed by atoms with E-state index < -0.39 is 5.60 Å². The molecule has 1 unspecified atom stereocenters. The molecule has 1 saturated heterocycles. The van der Waals surface area contributed by atoms with Crippen LogP contribution in [0.15, 0.2) is 12.3 Å². The molecule has 3 heterocycles. The molecule has 0 bridgehead atoms. The number of thiophene rings is 1. The highest BCUT2D eigenvalue weighted by atomic mass is 32.1. The Kier molecular flexibility index (Phi) is 4.47. The Labute approximate surface area is 147 Å². The molecule has 1 N–H and O–H groups in total. The van der Waals surface area contributed by atoms with Gasteiger partial charge in [0.25, 0.3) is 0 Å². The molecule has 2 aromatic heterocycles. The van der Waals surface area contributed by atoms with Crippen LogP contribution in [0, 0.1) is 6.92 Å². The fourth-order valence-electron chi connectivity index (χ4n) is 2.93. The molecule has 1 amide bonds. The highest BCUT2D eigenvalue weighted by Gasteiger charge is 2.34. The van der Waals surface area contributed by atoms with Crippen LogP contribution in [0.1, 0.15) is 51.0 Å². The van der Waals surface area contributed by atoms with Crippen molar-refractivity contribution >= 4 is 30.1 Å². The Morgan fingerprint density at radius 1 is 1.50 bits per heavy atom. The fourth-order valence-corrected chi connectivity index (χ4v) is 3.93. The summed E-state index contributed by atoms with van der Waals surface area (Å²) in [5.41, 5.74) is 1.83. The number of rotatable bonds is 2. The second-order valence-corrected chi connectivity index (χ2v) is 8.62. The highest BCUT2D eigenvalue weighted by molar-refractivity contribution is 7.23. The van der Waals surface area contributed by atoms with Gasteiger partial charge in [-0.25, -0.2) is 9.78 Å². The smallest absolute Gasteiger partial charge is 0.410 e. The van der Waals surface area contributed by atoms with E-state index in [0.29, 0.717) is 6.54 Å². The van der Waals surface area contributed by atoms with Gasteiger partial charge in [-0.3, -0.25) is 4.90 Å². The normalized spacial score (nSPS) is 18.2. The Bertz CT molecular complexity index is 728. The fraction of sp³-hybridized carbons (Fsp3) is 0.529. The van der Waals surface area contributed by atoms with E-state index >= 15 is 0 Å². The standard InChI is InChI=1S/C17H24BN3O2S/c1-10-8-13(24-14(10)18)11-9-19-15(20-11)12-6-5-7-21(12)16(22)23-17(2,3)4/h8-9,12H,5-7,18H2,1-4H3,(H,19,20). The van der Waals surface area contributed by atoms with Crippen LogP contribution in [0.2, 0.25) is 0 Å². The van der Waals surface area contributed by atoms with Crippen molar-refractivity contribution in [2.75, 3.05) is 6.54 Å². The van der Waals surface area contributed by atoms with Crippen LogP contribution in [-0.2, 0) is 4.74 Å². The topological polar surface area (TPSA) is 58.2 Å². The summed E-state index contributed by atoms with van der Waals surface area (Å²) in [4.78, 5) is 23.4. The van der Waals surface area contributed by atoms with E-state index in [2.05, 4.69) is 30.8 Å². The quantitative estimate of drug-likeness (QED) is 0.852. The summed E-state index contributed by atoms with van der Waals surface area (Å²) in [6.07, 6.45) is 3.49. The number of aromatic nitrogens is 2. The number of carbonyl (C=O) groups excluding carboxylic acids is 1. The summed E-state index contributed by atoms with van der Waals surface area (Å²) in [7, 11) is 2.13. The number of carbonyl (C=O) groups is 1. The van der Waals surface area contributed by atoms with Crippen LogP contribution >= 0.6 is 11.3 Å². The van der Waals surface area contributed by atoms with Gasteiger partial charge in [0.1, 0.15) is 11.4 Å². The van der Waals surface area contributed by atoms with Gasteiger partial charge in [0.2, 0.25) is 0 Å². The van der Waals surface area contributed by atoms with Gasteiger partial charge in [0.15, 0.2) is 7.85 Å². The third kappa shape index (κ3) is 3.51. The van der Waals surface area contributed by atoms with Crippen molar-refractivity contribution in [1.29, 1.82) is 0 Å². The summed E-state index contributed by atoms with van der Waals surface area (Å²) in [6.45, 7) is 8.51. The number of ether oxygens (including phenoxy) is 1. The third-order valence-corrected chi connectivity index (χ3v) is 5.41. The maximum absolute atomic E-state index is 12.4. The van der Waals surface area contributed by atoms with E-state index in [0.717, 1.165) is 24.4 Å². The lowest BCUT2D eigenvalue weighted by molar-refractivity contribution is 0.0219. The predicted octanol–water partition coefficient (Wildman–Crippen LogP) is 2.78. The number of H-pyrrole nitrogens is 1. The minimum atomic E-state index is -0.482. The van der Waals surface area contributed by atoms with Crippen LogP contribution in [0.5, 0.6) is 0 Å². The molecular weight excluding hydrogens is 321 g/mol. The van der Waals surface area contributed by atoms with Gasteiger partial charge in [-0.1, -0.05) is 0 Å². The lowest BCUT2D eigenvalue weighted by Gasteiger charge is -2.27. The lowest BCUT2D eigenvalue weighted by atomic mass is 10.0. The molecule has 24 heavy (non-hydrogen) atoms. The van der Waals surface area contributed by atoms with Crippen molar-refractivity contribution in [3.05, 3.63) is 23.7 Å². The number of hydrogen-bond acceptors (Lipinski definition) is 4. The highest BCUT2D eigenvalue weighted by Crippen LogP contribution is 2.33. The first-order valence-corrected chi connectivity index (χ1v) is 9.18. The van der Waals surface area contributed by atoms with Crippen LogP contribution in [0.25, 0.3) is 10.6 Å². The first-order chi connectivity index (χ1) is 11.2. The zero-order valence-electron chi connectivity index (χ0n) is 15.0. The largest absolute Gasteiger partial charge is 0.444 e. The zero-order valence-corrected chi connectivity index (χ0v) is 15.8. The summed E-state index contributed by atoms with van der Waals surface area (Å²) in [5, 5.41) is 0. The maximum atomic E-state index is 12.4. The minimum Gasteiger partial charge on any atom is -0.444 e. The van der Waals surface area contributed by atoms with Gasteiger partial charge in [-0.05, 0) is 56.9 Å². The van der Waals surface area contributed by atoms with Crippen LogP contribution in [0.4, 0.5) is 4.79 Å². The van der Waals surface area contributed by atoms with Crippen molar-refractivity contribution in [3.8, 4) is 10.6 Å². The van der Waals surface area contributed by atoms with Gasteiger partial charge in [-0.15, -0.1) is 11.3 Å². The van der Waals surface area contributed by atoms with Crippen molar-refractivity contribution in [1.82, 2.24) is 14.9 Å². The molecule has 0 aliphatic carbocycles. The number of nitrogens with zero attached hydrogens (tertiary/aromatic N) is 2. The van der Waals surface area contributed by atoms with E-state index in [4.69, 9.17) is 4.74 Å². The zero-order chi connectivity index (χ0) is 17.5. The molecule has 1 aliphatic rings. The molecule has 0 aromatic carbocycles. The summed E-state index contributed by atoms with van der Waals surface area (Å²) in [6, 6.07) is 2.15. The van der Waals surface area contributed by atoms with Gasteiger partial charge in [0, 0.05) is 6.54 Å². The third-order valence-electron chi connectivity index (χ3n) is 4.22. The Morgan fingerprint density at radius 2 is 2.25 bits per heavy atom. The molecule has 0 spiro atoms. The molecule has 0 saturated carbocycles. The number of likely N-dealkylation sites (tertiary alicyclic amines) is 1. The summed E-state index contributed by atoms with van der Waals surface area (Å²) >= 11 is 1.76. The van der Waals surface area contributed by atoms with Crippen molar-refractivity contribution in [2.24, 2.45) is 0 Å². The number of aromatic amines is 1. The summed E-state index contributed by atoms with van der Waals surface area (Å²) in [5.74, 6) is 0.845. The average Bonchev–Trinajstić information content (AvgIpc) is 3.17. The molecule has 0 radical (unpaired) electrons. The average molecular weight is 345 g/mol. The predicted molar refractivity (Wildman–Crippen MR) is 99.7 cm³/mol. The van der Waals surface area contributed by atoms with Gasteiger partial charge in [-0.2, -0.15) is 0 Å². The van der Waals surface area contributed by atoms with E-state index in [1.807, 2.05) is 27.0 Å². The number of hydrogen-bond donors (Lipinski definition) is 1. The monoisotopic (exact) mass is 345 g/mol. The number of aryl methyl sites for hydroxylation is 1. The molecule has 2 aromatic rings. The van der Waals surface area contributed by atoms with E-state index in [9.17, 15) is 4.79 Å². The molecule has 128 valence electrons. The van der Waals surface area contributed by atoms with Gasteiger partial charge in [0.05, 0.1) is 22.8 Å². The maximum Gasteiger partial charge on any atom is 0.410 e. The van der Waals surface area contributed by atoms with E-state index in [1.165, 1.54) is 15.2 Å². The molecule has 7 heteroatoms. The number of imidazole rings is 1. The van der Waals surface area contributed by atoms with Crippen molar-refractivity contribution in [3.63, 3.8) is 0 Å². The second kappa shape index (κ2) is 6.28. The molecular formula is C17H24BN3O2S. The second-order valence-electron chi connectivity index (χ2n) is 7.36. The Morgan fingerprint density at radius 3 is 2.88 bits per heavy atom. The molecule has 1 atom stereocenters. The van der Waals surface area contributed by atoms with Crippen LogP contribution < -0.4 is 4.78 Å². The van der Waals surface area contributed by atoms with Gasteiger partial charge < -0.3 is 9.72 Å². The minimum absolute atomic E-state index is 0.0317. The van der Waals surface area contributed by atoms with Crippen molar-refractivity contribution in [2.45, 2.75) is 52.2 Å². The molecule has 1 aliphatic heterocycles. The molecule has 1 fully saturated rings. The van der Waals surface area contributed by atoms with Crippen LogP contribution in [0.3, 0.4) is 0 Å². The van der Waals surface area contributed by atoms with Crippen LogP contribution in [-0.4, -0.2) is 41.0 Å². The summed E-state index contributed by atoms with van der Waals surface area (Å²) < 4.78 is 6.85. The van der Waals surface area contributed by atoms with E-state index in [-0.39, 0.29) is 12.1 Å². The SMILES string of the molecule is Bc1sc(-c2cnc(C3CCCN3C(=O)OC(C)(C)C)[nH]2)cc1C. The molecule has 3 rings (SSSR count). The van der Waals surface area contributed by atoms with Crippen molar-refractivity contribution < 1.29 is 9.53 Å². The van der Waals surface area contributed by atoms with E-state index in [1.54, 1.807) is 16.2 Å². The lowest BCUT2D eigenvalue weighted by Crippen LogP contribution is -2.36. The first kappa shape index (κ1) is 17.1. The Hall–Kier alpha value is -1.76. The Balaban J connectivity index is 1.80. The molecule has 5 nitrogen and oxygen atoms in total. The van der Waals surface area contributed by atoms with Gasteiger partial charge >= 0.3 is 6.09 Å². The first-order valence-electron chi connectivity index (χ1n) is 8.36.